The Morgan fingerprint density at radius 1 is 0.897 bits per heavy atom. The Kier molecular flexibility index (Phi) is 5.19. The third kappa shape index (κ3) is 3.52. The van der Waals surface area contributed by atoms with E-state index in [1.165, 1.54) is 36.4 Å². The fourth-order valence-corrected chi connectivity index (χ4v) is 7.88. The van der Waals surface area contributed by atoms with Crippen molar-refractivity contribution in [1.29, 1.82) is 0 Å². The zero-order valence-electron chi connectivity index (χ0n) is 14.9. The lowest BCUT2D eigenvalue weighted by molar-refractivity contribution is 0.0740. The fraction of sp³-hybridized carbons (Fsp3) is 0. The standard InChI is InChI=1S/C23H13BrIO2S2/c24-18-13-19(28-22(18)25)23(26)27-14-9-11-15(12-10-14)29-20-7-3-1-5-16(20)17-6-2-4-8-21(17)29/h1-13H/q+1. The predicted molar refractivity (Wildman–Crippen MR) is 135 cm³/mol. The molecule has 0 amide bonds. The molecule has 0 saturated heterocycles. The van der Waals surface area contributed by atoms with Gasteiger partial charge in [0.2, 0.25) is 0 Å². The molecule has 2 aromatic heterocycles. The Morgan fingerprint density at radius 3 is 2.03 bits per heavy atom. The van der Waals surface area contributed by atoms with Gasteiger partial charge in [-0.15, -0.1) is 11.3 Å². The molecule has 5 rings (SSSR count). The molecular weight excluding hydrogens is 579 g/mol. The first-order chi connectivity index (χ1) is 14.1. The molecule has 3 aromatic carbocycles. The first-order valence-electron chi connectivity index (χ1n) is 8.81. The lowest BCUT2D eigenvalue weighted by Crippen LogP contribution is -2.06. The molecular formula is C23H13BrIO2S2+. The van der Waals surface area contributed by atoms with Crippen LogP contribution in [0.1, 0.15) is 9.67 Å². The summed E-state index contributed by atoms with van der Waals surface area (Å²) in [5.74, 6) is 0.230. The van der Waals surface area contributed by atoms with Crippen LogP contribution in [0.15, 0.2) is 83.3 Å². The van der Waals surface area contributed by atoms with Crippen LogP contribution in [0.3, 0.4) is 0 Å². The number of fused-ring (bicyclic) bond motifs is 3. The smallest absolute Gasteiger partial charge is 0.353 e. The largest absolute Gasteiger partial charge is 0.422 e. The summed E-state index contributed by atoms with van der Waals surface area (Å²) in [6.45, 7) is 0. The van der Waals surface area contributed by atoms with Crippen molar-refractivity contribution < 1.29 is 9.53 Å². The van der Waals surface area contributed by atoms with Gasteiger partial charge in [0.05, 0.1) is 2.88 Å². The lowest BCUT2D eigenvalue weighted by atomic mass is 10.2. The molecule has 2 heterocycles. The average molecular weight is 592 g/mol. The van der Waals surface area contributed by atoms with Crippen molar-refractivity contribution in [3.05, 3.63) is 91.1 Å². The van der Waals surface area contributed by atoms with E-state index in [4.69, 9.17) is 4.74 Å². The van der Waals surface area contributed by atoms with Gasteiger partial charge in [0.25, 0.3) is 0 Å². The molecule has 0 unspecified atom stereocenters. The summed E-state index contributed by atoms with van der Waals surface area (Å²) < 4.78 is 10.2. The second-order valence-corrected chi connectivity index (χ2v) is 12.1. The SMILES string of the molecule is O=C(Oc1ccc(-[s+]2c3ccccc3c3ccccc32)cc1)c1cc(Br)c(I)s1. The summed E-state index contributed by atoms with van der Waals surface area (Å²) in [4.78, 5) is 14.2. The van der Waals surface area contributed by atoms with Crippen LogP contribution in [-0.4, -0.2) is 5.97 Å². The van der Waals surface area contributed by atoms with Crippen LogP contribution in [0, 0.1) is 2.88 Å². The Morgan fingerprint density at radius 2 is 1.48 bits per heavy atom. The molecule has 0 N–H and O–H groups in total. The first kappa shape index (κ1) is 19.2. The van der Waals surface area contributed by atoms with Crippen molar-refractivity contribution in [2.45, 2.75) is 0 Å². The van der Waals surface area contributed by atoms with Gasteiger partial charge >= 0.3 is 5.97 Å². The molecule has 2 nitrogen and oxygen atoms in total. The van der Waals surface area contributed by atoms with Crippen LogP contribution in [0.25, 0.3) is 25.1 Å². The van der Waals surface area contributed by atoms with E-state index < -0.39 is 0 Å². The van der Waals surface area contributed by atoms with Crippen LogP contribution < -0.4 is 4.74 Å². The van der Waals surface area contributed by atoms with Crippen molar-refractivity contribution in [3.63, 3.8) is 0 Å². The minimum absolute atomic E-state index is 0.143. The Bertz CT molecular complexity index is 1300. The number of carbonyl (C=O) groups is 1. The molecule has 0 saturated carbocycles. The molecule has 5 aromatic rings. The van der Waals surface area contributed by atoms with Crippen molar-refractivity contribution in [2.75, 3.05) is 0 Å². The van der Waals surface area contributed by atoms with E-state index in [1.807, 2.05) is 12.1 Å². The molecule has 0 bridgehead atoms. The number of ether oxygens (including phenoxy) is 1. The Labute approximate surface area is 196 Å². The number of hydrogen-bond donors (Lipinski definition) is 0. The van der Waals surface area contributed by atoms with Gasteiger partial charge in [-0.3, -0.25) is 0 Å². The first-order valence-corrected chi connectivity index (χ1v) is 12.7. The quantitative estimate of drug-likeness (QED) is 0.0911. The Hall–Kier alpha value is -1.74. The molecule has 0 atom stereocenters. The summed E-state index contributed by atoms with van der Waals surface area (Å²) in [5, 5.41) is 2.61. The molecule has 0 aliphatic rings. The molecule has 29 heavy (non-hydrogen) atoms. The van der Waals surface area contributed by atoms with E-state index >= 15 is 0 Å². The highest BCUT2D eigenvalue weighted by Gasteiger charge is 2.23. The lowest BCUT2D eigenvalue weighted by Gasteiger charge is -2.02. The summed E-state index contributed by atoms with van der Waals surface area (Å²) in [7, 11) is -0.143. The third-order valence-corrected chi connectivity index (χ3v) is 10.7. The van der Waals surface area contributed by atoms with Crippen LogP contribution in [0.2, 0.25) is 0 Å². The second kappa shape index (κ2) is 7.83. The van der Waals surface area contributed by atoms with E-state index in [-0.39, 0.29) is 16.4 Å². The van der Waals surface area contributed by atoms with Gasteiger partial charge in [-0.2, -0.15) is 0 Å². The summed E-state index contributed by atoms with van der Waals surface area (Å²) in [6.07, 6.45) is 0. The maximum absolute atomic E-state index is 12.4. The number of hydrogen-bond acceptors (Lipinski definition) is 3. The van der Waals surface area contributed by atoms with Crippen molar-refractivity contribution in [1.82, 2.24) is 0 Å². The van der Waals surface area contributed by atoms with E-state index in [9.17, 15) is 4.79 Å². The van der Waals surface area contributed by atoms with Gasteiger partial charge in [0, 0.05) is 37.8 Å². The molecule has 142 valence electrons. The molecule has 6 heteroatoms. The van der Waals surface area contributed by atoms with Gasteiger partial charge in [0.15, 0.2) is 14.3 Å². The summed E-state index contributed by atoms with van der Waals surface area (Å²) in [6, 6.07) is 26.9. The van der Waals surface area contributed by atoms with E-state index in [0.29, 0.717) is 10.6 Å². The van der Waals surface area contributed by atoms with Gasteiger partial charge in [-0.25, -0.2) is 4.79 Å². The van der Waals surface area contributed by atoms with Gasteiger partial charge in [-0.1, -0.05) is 24.3 Å². The van der Waals surface area contributed by atoms with E-state index in [0.717, 1.165) is 7.36 Å². The number of esters is 1. The van der Waals surface area contributed by atoms with Crippen molar-refractivity contribution >= 4 is 86.5 Å². The van der Waals surface area contributed by atoms with Gasteiger partial charge in [-0.05, 0) is 81.0 Å². The average Bonchev–Trinajstić information content (AvgIpc) is 3.26. The van der Waals surface area contributed by atoms with Crippen LogP contribution in [0.4, 0.5) is 0 Å². The minimum atomic E-state index is -0.328. The van der Waals surface area contributed by atoms with Crippen molar-refractivity contribution in [3.8, 4) is 10.6 Å². The van der Waals surface area contributed by atoms with Gasteiger partial charge in [0.1, 0.15) is 10.6 Å². The molecule has 0 fully saturated rings. The second-order valence-electron chi connectivity index (χ2n) is 6.39. The van der Waals surface area contributed by atoms with E-state index in [1.54, 1.807) is 6.07 Å². The summed E-state index contributed by atoms with van der Waals surface area (Å²) in [5.41, 5.74) is 0. The van der Waals surface area contributed by atoms with Crippen LogP contribution in [-0.2, 0) is 0 Å². The highest BCUT2D eigenvalue weighted by molar-refractivity contribution is 14.1. The van der Waals surface area contributed by atoms with Crippen molar-refractivity contribution in [2.24, 2.45) is 0 Å². The highest BCUT2D eigenvalue weighted by Crippen LogP contribution is 2.48. The predicted octanol–water partition coefficient (Wildman–Crippen LogP) is 8.38. The zero-order valence-corrected chi connectivity index (χ0v) is 20.3. The molecule has 0 aliphatic carbocycles. The number of halogens is 2. The molecule has 0 spiro atoms. The molecule has 0 radical (unpaired) electrons. The maximum atomic E-state index is 12.4. The van der Waals surface area contributed by atoms with E-state index in [2.05, 4.69) is 99.2 Å². The van der Waals surface area contributed by atoms with Gasteiger partial charge < -0.3 is 4.74 Å². The fourth-order valence-electron chi connectivity index (χ4n) is 3.35. The number of benzene rings is 3. The highest BCUT2D eigenvalue weighted by atomic mass is 127. The summed E-state index contributed by atoms with van der Waals surface area (Å²) >= 11 is 7.06. The Balaban J connectivity index is 1.51. The number of carbonyl (C=O) groups excluding carboxylic acids is 1. The van der Waals surface area contributed by atoms with Crippen LogP contribution in [0.5, 0.6) is 5.75 Å². The topological polar surface area (TPSA) is 26.3 Å². The molecule has 0 aliphatic heterocycles. The normalized spacial score (nSPS) is 11.2. The number of thiophene rings is 2. The minimum Gasteiger partial charge on any atom is -0.422 e. The number of rotatable bonds is 3. The monoisotopic (exact) mass is 591 g/mol. The maximum Gasteiger partial charge on any atom is 0.353 e. The third-order valence-electron chi connectivity index (χ3n) is 4.62. The van der Waals surface area contributed by atoms with Crippen LogP contribution >= 0.6 is 60.3 Å². The zero-order chi connectivity index (χ0) is 20.0.